The van der Waals surface area contributed by atoms with Gasteiger partial charge < -0.3 is 9.88 Å². The molecule has 1 aliphatic rings. The van der Waals surface area contributed by atoms with Crippen LogP contribution in [0.15, 0.2) is 42.6 Å². The molecule has 3 heterocycles. The summed E-state index contributed by atoms with van der Waals surface area (Å²) in [5, 5.41) is 10.8. The van der Waals surface area contributed by atoms with Crippen molar-refractivity contribution < 1.29 is 8.78 Å². The molecule has 1 aliphatic heterocycles. The summed E-state index contributed by atoms with van der Waals surface area (Å²) in [6.07, 6.45) is 2.12. The number of benzene rings is 2. The summed E-state index contributed by atoms with van der Waals surface area (Å²) in [7, 11) is 0. The molecule has 8 heteroatoms. The van der Waals surface area contributed by atoms with E-state index in [0.717, 1.165) is 22.2 Å². The molecule has 0 amide bonds. The van der Waals surface area contributed by atoms with Crippen molar-refractivity contribution >= 4 is 28.5 Å². The molecule has 0 bridgehead atoms. The van der Waals surface area contributed by atoms with Gasteiger partial charge in [-0.25, -0.2) is 18.7 Å². The number of rotatable bonds is 2. The highest BCUT2D eigenvalue weighted by Crippen LogP contribution is 2.41. The first-order valence-corrected chi connectivity index (χ1v) is 10.1. The summed E-state index contributed by atoms with van der Waals surface area (Å²) < 4.78 is 29.7. The Hall–Kier alpha value is -3.50. The maximum Gasteiger partial charge on any atom is 0.227 e. The summed E-state index contributed by atoms with van der Waals surface area (Å²) in [6.45, 7) is 1.98. The van der Waals surface area contributed by atoms with Gasteiger partial charge in [0.25, 0.3) is 0 Å². The molecule has 0 unspecified atom stereocenters. The van der Waals surface area contributed by atoms with Crippen molar-refractivity contribution in [2.75, 3.05) is 11.4 Å². The second-order valence-corrected chi connectivity index (χ2v) is 7.94. The van der Waals surface area contributed by atoms with E-state index in [1.165, 1.54) is 19.2 Å². The van der Waals surface area contributed by atoms with E-state index in [1.54, 1.807) is 23.1 Å². The molecule has 5 rings (SSSR count). The van der Waals surface area contributed by atoms with Crippen molar-refractivity contribution in [2.45, 2.75) is 19.4 Å². The average molecular weight is 436 g/mol. The van der Waals surface area contributed by atoms with Gasteiger partial charge in [0.2, 0.25) is 5.95 Å². The van der Waals surface area contributed by atoms with Crippen LogP contribution in [-0.4, -0.2) is 21.5 Å². The predicted octanol–water partition coefficient (Wildman–Crippen LogP) is 5.22. The van der Waals surface area contributed by atoms with E-state index in [1.807, 2.05) is 18.2 Å². The van der Waals surface area contributed by atoms with Crippen LogP contribution in [-0.2, 0) is 6.42 Å². The third-order valence-electron chi connectivity index (χ3n) is 5.70. The Morgan fingerprint density at radius 2 is 2.03 bits per heavy atom. The van der Waals surface area contributed by atoms with Crippen molar-refractivity contribution in [3.8, 4) is 6.07 Å². The van der Waals surface area contributed by atoms with E-state index in [9.17, 15) is 9.65 Å². The smallest absolute Gasteiger partial charge is 0.227 e. The van der Waals surface area contributed by atoms with E-state index >= 15 is 4.39 Å². The van der Waals surface area contributed by atoms with Crippen LogP contribution in [0.1, 0.15) is 34.1 Å². The van der Waals surface area contributed by atoms with Gasteiger partial charge >= 0.3 is 0 Å². The van der Waals surface area contributed by atoms with Gasteiger partial charge in [-0.15, -0.1) is 0 Å². The normalized spacial score (nSPS) is 15.7. The zero-order valence-electron chi connectivity index (χ0n) is 16.5. The molecule has 5 nitrogen and oxygen atoms in total. The van der Waals surface area contributed by atoms with Gasteiger partial charge in [0, 0.05) is 39.9 Å². The van der Waals surface area contributed by atoms with Crippen LogP contribution in [0.2, 0.25) is 5.02 Å². The van der Waals surface area contributed by atoms with E-state index in [2.05, 4.69) is 15.0 Å². The predicted molar refractivity (Wildman–Crippen MR) is 114 cm³/mol. The third kappa shape index (κ3) is 3.11. The van der Waals surface area contributed by atoms with E-state index < -0.39 is 17.7 Å². The number of aromatic amines is 1. The summed E-state index contributed by atoms with van der Waals surface area (Å²) >= 11 is 6.21. The van der Waals surface area contributed by atoms with Gasteiger partial charge in [0.05, 0.1) is 0 Å². The highest BCUT2D eigenvalue weighted by molar-refractivity contribution is 6.31. The van der Waals surface area contributed by atoms with Crippen molar-refractivity contribution in [2.24, 2.45) is 0 Å². The molecule has 0 saturated heterocycles. The Labute approximate surface area is 181 Å². The average Bonchev–Trinajstić information content (AvgIpc) is 3.15. The minimum atomic E-state index is -0.907. The number of anilines is 1. The third-order valence-corrected chi connectivity index (χ3v) is 5.94. The van der Waals surface area contributed by atoms with E-state index in [0.29, 0.717) is 18.0 Å². The van der Waals surface area contributed by atoms with Crippen LogP contribution in [0.5, 0.6) is 0 Å². The number of nitrogens with zero attached hydrogens (tertiary/aromatic N) is 4. The first-order chi connectivity index (χ1) is 15.0. The molecule has 154 valence electrons. The Kier molecular flexibility index (Phi) is 4.60. The molecule has 1 N–H and O–H groups in total. The van der Waals surface area contributed by atoms with Crippen molar-refractivity contribution in [3.05, 3.63) is 87.3 Å². The van der Waals surface area contributed by atoms with E-state index in [4.69, 9.17) is 11.6 Å². The molecular weight excluding hydrogens is 420 g/mol. The number of nitrogens with one attached hydrogen (secondary N) is 1. The number of H-pyrrole nitrogens is 1. The van der Waals surface area contributed by atoms with Crippen molar-refractivity contribution in [1.29, 1.82) is 5.26 Å². The lowest BCUT2D eigenvalue weighted by Gasteiger charge is -2.36. The SMILES string of the molecule is Cc1ccc([C@@H]2c3[nH]c4ccc(Cl)cc4c3CCN2c2nccc(C#N)n2)c(F)c1F. The number of halogens is 3. The molecular formula is C23H16ClF2N5. The summed E-state index contributed by atoms with van der Waals surface area (Å²) in [5.41, 5.74) is 3.20. The number of nitriles is 1. The van der Waals surface area contributed by atoms with Gasteiger partial charge in [-0.1, -0.05) is 23.7 Å². The minimum Gasteiger partial charge on any atom is -0.356 e. The molecule has 0 saturated carbocycles. The topological polar surface area (TPSA) is 68.6 Å². The highest BCUT2D eigenvalue weighted by Gasteiger charge is 2.35. The van der Waals surface area contributed by atoms with Crippen LogP contribution < -0.4 is 4.90 Å². The summed E-state index contributed by atoms with van der Waals surface area (Å²) in [5.74, 6) is -1.50. The standard InChI is InChI=1S/C23H16ClF2N5/c1-12-2-4-16(20(26)19(12)25)22-21-15(17-10-13(24)3-5-18(17)30-21)7-9-31(22)23-28-8-6-14(11-27)29-23/h2-6,8,10,22,30H,7,9H2,1H3/t22-/m1/s1. The largest absolute Gasteiger partial charge is 0.356 e. The van der Waals surface area contributed by atoms with Crippen LogP contribution in [0.4, 0.5) is 14.7 Å². The first kappa shape index (κ1) is 19.5. The van der Waals surface area contributed by atoms with Gasteiger partial charge in [-0.2, -0.15) is 5.26 Å². The lowest BCUT2D eigenvalue weighted by molar-refractivity contribution is 0.481. The molecule has 0 aliphatic carbocycles. The zero-order chi connectivity index (χ0) is 21.7. The maximum atomic E-state index is 15.2. The molecule has 4 aromatic rings. The number of aryl methyl sites for hydroxylation is 1. The second kappa shape index (κ2) is 7.33. The lowest BCUT2D eigenvalue weighted by Crippen LogP contribution is -2.38. The van der Waals surface area contributed by atoms with Crippen molar-refractivity contribution in [3.63, 3.8) is 0 Å². The molecule has 0 radical (unpaired) electrons. The second-order valence-electron chi connectivity index (χ2n) is 7.51. The van der Waals surface area contributed by atoms with Gasteiger partial charge in [0.1, 0.15) is 17.8 Å². The molecule has 0 spiro atoms. The Bertz CT molecular complexity index is 1370. The van der Waals surface area contributed by atoms with Crippen LogP contribution >= 0.6 is 11.6 Å². The maximum absolute atomic E-state index is 15.2. The molecule has 31 heavy (non-hydrogen) atoms. The number of aromatic nitrogens is 3. The van der Waals surface area contributed by atoms with Crippen molar-refractivity contribution in [1.82, 2.24) is 15.0 Å². The van der Waals surface area contributed by atoms with Crippen LogP contribution in [0.25, 0.3) is 10.9 Å². The first-order valence-electron chi connectivity index (χ1n) is 9.72. The number of hydrogen-bond acceptors (Lipinski definition) is 4. The number of hydrogen-bond donors (Lipinski definition) is 1. The highest BCUT2D eigenvalue weighted by atomic mass is 35.5. The summed E-state index contributed by atoms with van der Waals surface area (Å²) in [4.78, 5) is 13.8. The minimum absolute atomic E-state index is 0.174. The Morgan fingerprint density at radius 1 is 1.19 bits per heavy atom. The zero-order valence-corrected chi connectivity index (χ0v) is 17.2. The van der Waals surface area contributed by atoms with Gasteiger partial charge in [-0.05, 0) is 48.7 Å². The fourth-order valence-corrected chi connectivity index (χ4v) is 4.39. The lowest BCUT2D eigenvalue weighted by atomic mass is 9.91. The van der Waals surface area contributed by atoms with E-state index in [-0.39, 0.29) is 22.8 Å². The molecule has 1 atom stereocenters. The summed E-state index contributed by atoms with van der Waals surface area (Å²) in [6, 6.07) is 11.5. The molecule has 0 fully saturated rings. The monoisotopic (exact) mass is 435 g/mol. The van der Waals surface area contributed by atoms with Crippen LogP contribution in [0, 0.1) is 29.9 Å². The quantitative estimate of drug-likeness (QED) is 0.468. The number of fused-ring (bicyclic) bond motifs is 3. The Morgan fingerprint density at radius 3 is 2.84 bits per heavy atom. The van der Waals surface area contributed by atoms with Gasteiger partial charge in [-0.3, -0.25) is 0 Å². The Balaban J connectivity index is 1.76. The molecule has 2 aromatic heterocycles. The molecule has 2 aromatic carbocycles. The van der Waals surface area contributed by atoms with Gasteiger partial charge in [0.15, 0.2) is 11.6 Å². The fourth-order valence-electron chi connectivity index (χ4n) is 4.22. The fraction of sp³-hybridized carbons (Fsp3) is 0.174. The van der Waals surface area contributed by atoms with Crippen LogP contribution in [0.3, 0.4) is 0 Å².